The number of halogens is 1. The van der Waals surface area contributed by atoms with Crippen LogP contribution >= 0.6 is 22.9 Å². The third-order valence-electron chi connectivity index (χ3n) is 6.61. The first-order valence-electron chi connectivity index (χ1n) is 9.57. The van der Waals surface area contributed by atoms with Crippen LogP contribution in [0, 0.1) is 5.41 Å². The Morgan fingerprint density at radius 3 is 2.62 bits per heavy atom. The number of fused-ring (bicyclic) bond motifs is 4. The molecule has 0 N–H and O–H groups in total. The molecule has 0 spiro atoms. The summed E-state index contributed by atoms with van der Waals surface area (Å²) < 4.78 is 13.1. The van der Waals surface area contributed by atoms with E-state index in [0.717, 1.165) is 61.8 Å². The zero-order valence-electron chi connectivity index (χ0n) is 15.1. The highest BCUT2D eigenvalue weighted by Crippen LogP contribution is 2.56. The summed E-state index contributed by atoms with van der Waals surface area (Å²) in [7, 11) is 0. The molecule has 2 aromatic rings. The van der Waals surface area contributed by atoms with Crippen LogP contribution in [0.2, 0.25) is 5.28 Å². The van der Waals surface area contributed by atoms with Crippen molar-refractivity contribution < 1.29 is 9.47 Å². The molecule has 7 heteroatoms. The van der Waals surface area contributed by atoms with Crippen LogP contribution in [0.5, 0.6) is 0 Å². The number of thiophene rings is 1. The van der Waals surface area contributed by atoms with Crippen LogP contribution in [0.15, 0.2) is 6.07 Å². The summed E-state index contributed by atoms with van der Waals surface area (Å²) in [4.78, 5) is 12.6. The van der Waals surface area contributed by atoms with E-state index in [9.17, 15) is 0 Å². The van der Waals surface area contributed by atoms with Gasteiger partial charge in [0.1, 0.15) is 5.60 Å². The maximum atomic E-state index is 6.49. The number of hydrogen-bond donors (Lipinski definition) is 0. The summed E-state index contributed by atoms with van der Waals surface area (Å²) in [5.74, 6) is 0.950. The molecule has 3 saturated heterocycles. The van der Waals surface area contributed by atoms with E-state index in [0.29, 0.717) is 10.7 Å². The SMILES string of the molecule is CCC12CCC(c3cc4nc(Cl)nc(N5CCOCC5)c4s3)(CC1)OC2. The van der Waals surface area contributed by atoms with Gasteiger partial charge in [0.2, 0.25) is 5.28 Å². The van der Waals surface area contributed by atoms with Crippen LogP contribution in [0.25, 0.3) is 10.2 Å². The lowest BCUT2D eigenvalue weighted by atomic mass is 9.64. The van der Waals surface area contributed by atoms with Crippen LogP contribution in [0.1, 0.15) is 43.9 Å². The quantitative estimate of drug-likeness (QED) is 0.724. The van der Waals surface area contributed by atoms with Gasteiger partial charge in [-0.25, -0.2) is 4.98 Å². The second-order valence-electron chi connectivity index (χ2n) is 7.88. The molecule has 26 heavy (non-hydrogen) atoms. The van der Waals surface area contributed by atoms with Crippen molar-refractivity contribution in [1.29, 1.82) is 0 Å². The Balaban J connectivity index is 1.54. The smallest absolute Gasteiger partial charge is 0.224 e. The van der Waals surface area contributed by atoms with Crippen LogP contribution in [0.3, 0.4) is 0 Å². The van der Waals surface area contributed by atoms with Gasteiger partial charge in [-0.2, -0.15) is 4.98 Å². The first-order chi connectivity index (χ1) is 12.6. The molecule has 140 valence electrons. The molecule has 6 rings (SSSR count). The number of rotatable bonds is 3. The Labute approximate surface area is 162 Å². The van der Waals surface area contributed by atoms with Crippen LogP contribution in [-0.4, -0.2) is 42.9 Å². The van der Waals surface area contributed by atoms with E-state index in [1.807, 2.05) is 0 Å². The van der Waals surface area contributed by atoms with Crippen molar-refractivity contribution in [3.05, 3.63) is 16.2 Å². The summed E-state index contributed by atoms with van der Waals surface area (Å²) in [5.41, 5.74) is 1.24. The van der Waals surface area contributed by atoms with Crippen LogP contribution in [0.4, 0.5) is 5.82 Å². The number of nitrogens with zero attached hydrogens (tertiary/aromatic N) is 3. The van der Waals surface area contributed by atoms with Gasteiger partial charge in [0.25, 0.3) is 0 Å². The average molecular weight is 394 g/mol. The van der Waals surface area contributed by atoms with E-state index in [2.05, 4.69) is 27.9 Å². The Morgan fingerprint density at radius 2 is 1.96 bits per heavy atom. The number of aromatic nitrogens is 2. The lowest BCUT2D eigenvalue weighted by Crippen LogP contribution is -2.48. The third-order valence-corrected chi connectivity index (χ3v) is 8.08. The highest BCUT2D eigenvalue weighted by atomic mass is 35.5. The molecule has 1 aliphatic carbocycles. The second kappa shape index (κ2) is 6.30. The van der Waals surface area contributed by atoms with Gasteiger partial charge in [0, 0.05) is 18.0 Å². The molecular weight excluding hydrogens is 370 g/mol. The summed E-state index contributed by atoms with van der Waals surface area (Å²) >= 11 is 8.04. The number of hydrogen-bond acceptors (Lipinski definition) is 6. The molecule has 0 amide bonds. The fourth-order valence-corrected chi connectivity index (χ4v) is 6.12. The predicted octanol–water partition coefficient (Wildman–Crippen LogP) is 4.38. The Morgan fingerprint density at radius 1 is 1.19 bits per heavy atom. The first-order valence-corrected chi connectivity index (χ1v) is 10.8. The van der Waals surface area contributed by atoms with Gasteiger partial charge in [0.15, 0.2) is 5.82 Å². The van der Waals surface area contributed by atoms with E-state index >= 15 is 0 Å². The molecule has 0 radical (unpaired) electrons. The zero-order valence-corrected chi connectivity index (χ0v) is 16.7. The highest BCUT2D eigenvalue weighted by Gasteiger charge is 2.50. The van der Waals surface area contributed by atoms with Gasteiger partial charge >= 0.3 is 0 Å². The lowest BCUT2D eigenvalue weighted by Gasteiger charge is -2.52. The standard InChI is InChI=1S/C19H24ClN3O2S/c1-2-18-3-5-19(6-4-18,25-12-18)14-11-13-15(26-14)16(22-17(20)21-13)23-7-9-24-10-8-23/h11H,2-10,12H2,1H3. The van der Waals surface area contributed by atoms with E-state index in [1.54, 1.807) is 11.3 Å². The third kappa shape index (κ3) is 2.65. The Kier molecular flexibility index (Phi) is 4.16. The molecule has 4 aliphatic rings. The monoisotopic (exact) mass is 393 g/mol. The molecule has 2 bridgehead atoms. The average Bonchev–Trinajstić information content (AvgIpc) is 3.14. The van der Waals surface area contributed by atoms with E-state index < -0.39 is 0 Å². The molecule has 0 unspecified atom stereocenters. The molecule has 2 aromatic heterocycles. The minimum absolute atomic E-state index is 0.128. The van der Waals surface area contributed by atoms with Gasteiger partial charge in [-0.3, -0.25) is 0 Å². The minimum Gasteiger partial charge on any atom is -0.378 e. The van der Waals surface area contributed by atoms with Gasteiger partial charge in [-0.1, -0.05) is 6.92 Å². The Hall–Kier alpha value is -0.950. The molecular formula is C19H24ClN3O2S. The van der Waals surface area contributed by atoms with Crippen molar-refractivity contribution in [3.8, 4) is 0 Å². The van der Waals surface area contributed by atoms with Crippen LogP contribution in [-0.2, 0) is 15.1 Å². The number of anilines is 1. The lowest BCUT2D eigenvalue weighted by molar-refractivity contribution is -0.188. The maximum Gasteiger partial charge on any atom is 0.224 e. The molecule has 0 aromatic carbocycles. The van der Waals surface area contributed by atoms with Crippen LogP contribution < -0.4 is 4.90 Å². The molecule has 0 atom stereocenters. The topological polar surface area (TPSA) is 47.5 Å². The van der Waals surface area contributed by atoms with E-state index in [4.69, 9.17) is 21.1 Å². The van der Waals surface area contributed by atoms with Crippen molar-refractivity contribution in [3.63, 3.8) is 0 Å². The molecule has 4 fully saturated rings. The fraction of sp³-hybridized carbons (Fsp3) is 0.684. The molecule has 5 heterocycles. The van der Waals surface area contributed by atoms with E-state index in [1.165, 1.54) is 24.1 Å². The number of ether oxygens (including phenoxy) is 2. The van der Waals surface area contributed by atoms with Crippen molar-refractivity contribution in [2.24, 2.45) is 5.41 Å². The second-order valence-corrected chi connectivity index (χ2v) is 9.27. The first kappa shape index (κ1) is 17.2. The van der Waals surface area contributed by atoms with Gasteiger partial charge < -0.3 is 14.4 Å². The maximum absolute atomic E-state index is 6.49. The van der Waals surface area contributed by atoms with Gasteiger partial charge in [0.05, 0.1) is 30.0 Å². The summed E-state index contributed by atoms with van der Waals surface area (Å²) in [6.07, 6.45) is 5.97. The predicted molar refractivity (Wildman–Crippen MR) is 104 cm³/mol. The normalized spacial score (nSPS) is 31.7. The van der Waals surface area contributed by atoms with Crippen molar-refractivity contribution >= 4 is 39.0 Å². The fourth-order valence-electron chi connectivity index (χ4n) is 4.64. The summed E-state index contributed by atoms with van der Waals surface area (Å²) in [5, 5.41) is 0.319. The zero-order chi connectivity index (χ0) is 17.8. The van der Waals surface area contributed by atoms with Gasteiger partial charge in [-0.05, 0) is 55.2 Å². The number of morpholine rings is 1. The van der Waals surface area contributed by atoms with Crippen molar-refractivity contribution in [2.45, 2.75) is 44.6 Å². The minimum atomic E-state index is -0.128. The highest BCUT2D eigenvalue weighted by molar-refractivity contribution is 7.19. The van der Waals surface area contributed by atoms with Crippen molar-refractivity contribution in [2.75, 3.05) is 37.8 Å². The van der Waals surface area contributed by atoms with E-state index in [-0.39, 0.29) is 5.60 Å². The summed E-state index contributed by atoms with van der Waals surface area (Å²) in [6, 6.07) is 2.20. The van der Waals surface area contributed by atoms with Crippen molar-refractivity contribution in [1.82, 2.24) is 9.97 Å². The summed E-state index contributed by atoms with van der Waals surface area (Å²) in [6.45, 7) is 6.33. The van der Waals surface area contributed by atoms with Gasteiger partial charge in [-0.15, -0.1) is 11.3 Å². The Bertz CT molecular complexity index is 809. The molecule has 1 saturated carbocycles. The molecule has 3 aliphatic heterocycles. The molecule has 5 nitrogen and oxygen atoms in total. The largest absolute Gasteiger partial charge is 0.378 e.